The molecule has 1 heterocycles. The highest BCUT2D eigenvalue weighted by Crippen LogP contribution is 2.11. The first-order valence-corrected chi connectivity index (χ1v) is 7.87. The second-order valence-electron chi connectivity index (χ2n) is 5.19. The normalized spacial score (nSPS) is 13.4. The van der Waals surface area contributed by atoms with Crippen LogP contribution in [0.4, 0.5) is 10.6 Å². The number of rotatable bonds is 8. The number of nitrogens with one attached hydrogen (secondary N) is 3. The molecule has 0 bridgehead atoms. The Hall–Kier alpha value is -2.30. The van der Waals surface area contributed by atoms with Crippen molar-refractivity contribution in [3.8, 4) is 0 Å². The molecule has 1 aromatic rings. The van der Waals surface area contributed by atoms with Crippen LogP contribution in [0.15, 0.2) is 48.2 Å². The van der Waals surface area contributed by atoms with Crippen molar-refractivity contribution in [3.05, 3.63) is 48.2 Å². The predicted octanol–water partition coefficient (Wildman–Crippen LogP) is 2.85. The van der Waals surface area contributed by atoms with E-state index in [-0.39, 0.29) is 6.03 Å². The SMILES string of the molecule is O=C(NCCCNc1ccccn1)NCCC1=CCCC=C1. The molecular formula is C17H24N4O. The average Bonchev–Trinajstić information content (AvgIpc) is 2.56. The Morgan fingerprint density at radius 1 is 1.14 bits per heavy atom. The van der Waals surface area contributed by atoms with Crippen LogP contribution in [-0.4, -0.2) is 30.6 Å². The van der Waals surface area contributed by atoms with Crippen molar-refractivity contribution >= 4 is 11.8 Å². The Morgan fingerprint density at radius 3 is 2.82 bits per heavy atom. The highest BCUT2D eigenvalue weighted by molar-refractivity contribution is 5.73. The summed E-state index contributed by atoms with van der Waals surface area (Å²) in [5.74, 6) is 0.862. The van der Waals surface area contributed by atoms with E-state index >= 15 is 0 Å². The number of carbonyl (C=O) groups excluding carboxylic acids is 1. The van der Waals surface area contributed by atoms with E-state index < -0.39 is 0 Å². The lowest BCUT2D eigenvalue weighted by atomic mass is 10.0. The molecule has 5 nitrogen and oxygen atoms in total. The van der Waals surface area contributed by atoms with Gasteiger partial charge in [0.1, 0.15) is 5.82 Å². The van der Waals surface area contributed by atoms with Gasteiger partial charge < -0.3 is 16.0 Å². The average molecular weight is 300 g/mol. The number of urea groups is 1. The molecule has 0 saturated heterocycles. The first-order valence-electron chi connectivity index (χ1n) is 7.87. The lowest BCUT2D eigenvalue weighted by Gasteiger charge is -2.10. The molecule has 1 aliphatic rings. The van der Waals surface area contributed by atoms with Crippen molar-refractivity contribution in [3.63, 3.8) is 0 Å². The van der Waals surface area contributed by atoms with Crippen LogP contribution in [0.2, 0.25) is 0 Å². The molecule has 2 rings (SSSR count). The zero-order valence-corrected chi connectivity index (χ0v) is 12.8. The van der Waals surface area contributed by atoms with Crippen LogP contribution in [0, 0.1) is 0 Å². The quantitative estimate of drug-likeness (QED) is 0.647. The summed E-state index contributed by atoms with van der Waals surface area (Å²) in [4.78, 5) is 15.8. The van der Waals surface area contributed by atoms with Crippen molar-refractivity contribution in [2.75, 3.05) is 25.0 Å². The summed E-state index contributed by atoms with van der Waals surface area (Å²) in [6.45, 7) is 2.11. The Balaban J connectivity index is 1.47. The number of hydrogen-bond acceptors (Lipinski definition) is 3. The fraction of sp³-hybridized carbons (Fsp3) is 0.412. The molecule has 2 amide bonds. The number of nitrogens with zero attached hydrogens (tertiary/aromatic N) is 1. The number of allylic oxidation sites excluding steroid dienone is 3. The number of aromatic nitrogens is 1. The second-order valence-corrected chi connectivity index (χ2v) is 5.19. The fourth-order valence-electron chi connectivity index (χ4n) is 2.21. The Kier molecular flexibility index (Phi) is 7.02. The summed E-state index contributed by atoms with van der Waals surface area (Å²) >= 11 is 0. The van der Waals surface area contributed by atoms with E-state index in [1.165, 1.54) is 5.57 Å². The van der Waals surface area contributed by atoms with Gasteiger partial charge in [0.15, 0.2) is 0 Å². The number of amides is 2. The molecule has 0 aliphatic heterocycles. The third-order valence-electron chi connectivity index (χ3n) is 3.38. The van der Waals surface area contributed by atoms with Crippen LogP contribution in [0.5, 0.6) is 0 Å². The topological polar surface area (TPSA) is 66.0 Å². The van der Waals surface area contributed by atoms with Gasteiger partial charge in [0.2, 0.25) is 0 Å². The first kappa shape index (κ1) is 16.1. The molecule has 0 saturated carbocycles. The summed E-state index contributed by atoms with van der Waals surface area (Å²) < 4.78 is 0. The highest BCUT2D eigenvalue weighted by atomic mass is 16.2. The lowest BCUT2D eigenvalue weighted by molar-refractivity contribution is 0.241. The minimum atomic E-state index is -0.0989. The van der Waals surface area contributed by atoms with Gasteiger partial charge in [-0.1, -0.05) is 29.9 Å². The predicted molar refractivity (Wildman–Crippen MR) is 89.8 cm³/mol. The van der Waals surface area contributed by atoms with Crippen molar-refractivity contribution in [1.29, 1.82) is 0 Å². The van der Waals surface area contributed by atoms with Crippen LogP contribution in [0.1, 0.15) is 25.7 Å². The van der Waals surface area contributed by atoms with E-state index in [1.54, 1.807) is 6.20 Å². The monoisotopic (exact) mass is 300 g/mol. The summed E-state index contributed by atoms with van der Waals surface area (Å²) in [7, 11) is 0. The zero-order chi connectivity index (χ0) is 15.5. The van der Waals surface area contributed by atoms with Gasteiger partial charge in [-0.05, 0) is 37.8 Å². The van der Waals surface area contributed by atoms with Crippen LogP contribution in [0.25, 0.3) is 0 Å². The smallest absolute Gasteiger partial charge is 0.314 e. The molecule has 22 heavy (non-hydrogen) atoms. The molecule has 1 aromatic heterocycles. The maximum Gasteiger partial charge on any atom is 0.314 e. The van der Waals surface area contributed by atoms with E-state index in [4.69, 9.17) is 0 Å². The molecule has 0 radical (unpaired) electrons. The van der Waals surface area contributed by atoms with Gasteiger partial charge in [-0.15, -0.1) is 0 Å². The van der Waals surface area contributed by atoms with E-state index in [0.717, 1.165) is 38.0 Å². The number of hydrogen-bond donors (Lipinski definition) is 3. The van der Waals surface area contributed by atoms with Crippen LogP contribution in [-0.2, 0) is 0 Å². The van der Waals surface area contributed by atoms with Crippen LogP contribution >= 0.6 is 0 Å². The van der Waals surface area contributed by atoms with Gasteiger partial charge in [-0.2, -0.15) is 0 Å². The van der Waals surface area contributed by atoms with Crippen molar-refractivity contribution in [2.45, 2.75) is 25.7 Å². The molecule has 0 fully saturated rings. The van der Waals surface area contributed by atoms with E-state index in [0.29, 0.717) is 13.1 Å². The Morgan fingerprint density at radius 2 is 2.05 bits per heavy atom. The first-order chi connectivity index (χ1) is 10.8. The zero-order valence-electron chi connectivity index (χ0n) is 12.8. The summed E-state index contributed by atoms with van der Waals surface area (Å²) in [6, 6.07) is 5.65. The van der Waals surface area contributed by atoms with E-state index in [9.17, 15) is 4.79 Å². The van der Waals surface area contributed by atoms with Gasteiger partial charge in [-0.25, -0.2) is 9.78 Å². The molecule has 0 unspecified atom stereocenters. The molecule has 0 atom stereocenters. The number of anilines is 1. The summed E-state index contributed by atoms with van der Waals surface area (Å²) in [6.07, 6.45) is 12.3. The number of carbonyl (C=O) groups is 1. The fourth-order valence-corrected chi connectivity index (χ4v) is 2.21. The Labute approximate surface area is 131 Å². The molecular weight excluding hydrogens is 276 g/mol. The Bertz CT molecular complexity index is 511. The van der Waals surface area contributed by atoms with Crippen molar-refractivity contribution in [1.82, 2.24) is 15.6 Å². The van der Waals surface area contributed by atoms with E-state index in [1.807, 2.05) is 18.2 Å². The van der Waals surface area contributed by atoms with Gasteiger partial charge in [0.05, 0.1) is 0 Å². The largest absolute Gasteiger partial charge is 0.370 e. The van der Waals surface area contributed by atoms with Gasteiger partial charge >= 0.3 is 6.03 Å². The maximum absolute atomic E-state index is 11.6. The minimum Gasteiger partial charge on any atom is -0.370 e. The summed E-state index contributed by atoms with van der Waals surface area (Å²) in [5, 5.41) is 8.95. The molecule has 1 aliphatic carbocycles. The van der Waals surface area contributed by atoms with E-state index in [2.05, 4.69) is 39.2 Å². The van der Waals surface area contributed by atoms with Crippen molar-refractivity contribution in [2.24, 2.45) is 0 Å². The summed E-state index contributed by atoms with van der Waals surface area (Å²) in [5.41, 5.74) is 1.31. The number of pyridine rings is 1. The second kappa shape index (κ2) is 9.60. The molecule has 0 aromatic carbocycles. The van der Waals surface area contributed by atoms with Crippen LogP contribution < -0.4 is 16.0 Å². The standard InChI is InChI=1S/C17H24N4O/c22-17(21-14-10-15-7-2-1-3-8-15)20-13-6-12-19-16-9-4-5-11-18-16/h2,4-5,7-9,11H,1,3,6,10,12-14H2,(H,18,19)(H2,20,21,22). The molecule has 3 N–H and O–H groups in total. The molecule has 0 spiro atoms. The third kappa shape index (κ3) is 6.43. The van der Waals surface area contributed by atoms with Gasteiger partial charge in [-0.3, -0.25) is 0 Å². The minimum absolute atomic E-state index is 0.0989. The molecule has 5 heteroatoms. The third-order valence-corrected chi connectivity index (χ3v) is 3.38. The lowest BCUT2D eigenvalue weighted by Crippen LogP contribution is -2.37. The van der Waals surface area contributed by atoms with Crippen molar-refractivity contribution < 1.29 is 4.79 Å². The van der Waals surface area contributed by atoms with Gasteiger partial charge in [0.25, 0.3) is 0 Å². The van der Waals surface area contributed by atoms with Gasteiger partial charge in [0, 0.05) is 25.8 Å². The maximum atomic E-state index is 11.6. The highest BCUT2D eigenvalue weighted by Gasteiger charge is 2.01. The van der Waals surface area contributed by atoms with Crippen LogP contribution in [0.3, 0.4) is 0 Å². The molecule has 118 valence electrons.